The zero-order chi connectivity index (χ0) is 13.0. The second-order valence-electron chi connectivity index (χ2n) is 3.94. The van der Waals surface area contributed by atoms with Crippen LogP contribution in [0, 0.1) is 0 Å². The van der Waals surface area contributed by atoms with Crippen molar-refractivity contribution in [3.63, 3.8) is 0 Å². The van der Waals surface area contributed by atoms with Gasteiger partial charge in [-0.25, -0.2) is 0 Å². The van der Waals surface area contributed by atoms with Gasteiger partial charge in [0.1, 0.15) is 6.33 Å². The molecule has 0 fully saturated rings. The maximum Gasteiger partial charge on any atom is 0.251 e. The highest BCUT2D eigenvalue weighted by molar-refractivity contribution is 5.94. The summed E-state index contributed by atoms with van der Waals surface area (Å²) in [7, 11) is 1.83. The van der Waals surface area contributed by atoms with Gasteiger partial charge in [-0.3, -0.25) is 4.79 Å². The lowest BCUT2D eigenvalue weighted by atomic mass is 10.1. The van der Waals surface area contributed by atoms with Crippen LogP contribution in [0.15, 0.2) is 30.6 Å². The van der Waals surface area contributed by atoms with Crippen LogP contribution in [-0.4, -0.2) is 20.7 Å². The standard InChI is InChI=1S/C12H15N5O/c1-17-8-15-16-11(17)7-14-12(18)10-4-2-9(6-13)3-5-10/h2-5,8H,6-7,13H2,1H3,(H,14,18). The number of aromatic nitrogens is 3. The zero-order valence-electron chi connectivity index (χ0n) is 10.1. The fourth-order valence-electron chi connectivity index (χ4n) is 1.52. The molecular formula is C12H15N5O. The number of nitrogens with two attached hydrogens (primary N) is 1. The Morgan fingerprint density at radius 1 is 1.39 bits per heavy atom. The lowest BCUT2D eigenvalue weighted by molar-refractivity contribution is 0.0949. The second-order valence-corrected chi connectivity index (χ2v) is 3.94. The van der Waals surface area contributed by atoms with Crippen molar-refractivity contribution in [1.29, 1.82) is 0 Å². The van der Waals surface area contributed by atoms with E-state index < -0.39 is 0 Å². The van der Waals surface area contributed by atoms with Gasteiger partial charge in [0.15, 0.2) is 5.82 Å². The van der Waals surface area contributed by atoms with E-state index in [1.807, 2.05) is 19.2 Å². The molecule has 1 aromatic heterocycles. The smallest absolute Gasteiger partial charge is 0.251 e. The summed E-state index contributed by atoms with van der Waals surface area (Å²) in [4.78, 5) is 11.9. The van der Waals surface area contributed by atoms with Gasteiger partial charge in [-0.2, -0.15) is 0 Å². The molecule has 0 bridgehead atoms. The third-order valence-electron chi connectivity index (χ3n) is 2.66. The molecule has 3 N–H and O–H groups in total. The van der Waals surface area contributed by atoms with E-state index in [4.69, 9.17) is 5.73 Å². The van der Waals surface area contributed by atoms with Gasteiger partial charge in [0.2, 0.25) is 0 Å². The van der Waals surface area contributed by atoms with Crippen molar-refractivity contribution >= 4 is 5.91 Å². The highest BCUT2D eigenvalue weighted by Gasteiger charge is 2.07. The molecule has 1 amide bonds. The number of rotatable bonds is 4. The summed E-state index contributed by atoms with van der Waals surface area (Å²) in [6, 6.07) is 7.21. The van der Waals surface area contributed by atoms with E-state index in [1.54, 1.807) is 23.0 Å². The molecule has 0 aliphatic heterocycles. The highest BCUT2D eigenvalue weighted by atomic mass is 16.1. The molecule has 0 saturated heterocycles. The summed E-state index contributed by atoms with van der Waals surface area (Å²) in [5, 5.41) is 10.4. The zero-order valence-corrected chi connectivity index (χ0v) is 10.1. The van der Waals surface area contributed by atoms with Crippen LogP contribution in [0.3, 0.4) is 0 Å². The number of amides is 1. The first-order valence-electron chi connectivity index (χ1n) is 5.61. The van der Waals surface area contributed by atoms with E-state index in [2.05, 4.69) is 15.5 Å². The first-order valence-corrected chi connectivity index (χ1v) is 5.61. The van der Waals surface area contributed by atoms with Crippen molar-refractivity contribution < 1.29 is 4.79 Å². The largest absolute Gasteiger partial charge is 0.345 e. The number of hydrogen-bond donors (Lipinski definition) is 2. The van der Waals surface area contributed by atoms with Gasteiger partial charge in [0, 0.05) is 19.2 Å². The number of nitrogens with zero attached hydrogens (tertiary/aromatic N) is 3. The molecule has 0 spiro atoms. The molecule has 2 rings (SSSR count). The third-order valence-corrected chi connectivity index (χ3v) is 2.66. The van der Waals surface area contributed by atoms with Crippen LogP contribution in [0.25, 0.3) is 0 Å². The molecule has 0 aliphatic carbocycles. The van der Waals surface area contributed by atoms with E-state index in [0.29, 0.717) is 24.5 Å². The molecule has 2 aromatic rings. The van der Waals surface area contributed by atoms with Crippen LogP contribution in [0.5, 0.6) is 0 Å². The normalized spacial score (nSPS) is 10.3. The Bertz CT molecular complexity index is 532. The predicted octanol–water partition coefficient (Wildman–Crippen LogP) is 0.204. The van der Waals surface area contributed by atoms with Crippen molar-refractivity contribution in [2.24, 2.45) is 12.8 Å². The Kier molecular flexibility index (Phi) is 3.69. The first kappa shape index (κ1) is 12.3. The van der Waals surface area contributed by atoms with Crippen LogP contribution >= 0.6 is 0 Å². The number of hydrogen-bond acceptors (Lipinski definition) is 4. The third kappa shape index (κ3) is 2.72. The number of benzene rings is 1. The summed E-state index contributed by atoms with van der Waals surface area (Å²) < 4.78 is 1.76. The lowest BCUT2D eigenvalue weighted by Crippen LogP contribution is -2.24. The minimum Gasteiger partial charge on any atom is -0.345 e. The molecule has 0 atom stereocenters. The molecule has 6 nitrogen and oxygen atoms in total. The highest BCUT2D eigenvalue weighted by Crippen LogP contribution is 2.04. The predicted molar refractivity (Wildman–Crippen MR) is 66.5 cm³/mol. The van der Waals surface area contributed by atoms with E-state index in [9.17, 15) is 4.79 Å². The summed E-state index contributed by atoms with van der Waals surface area (Å²) in [6.45, 7) is 0.828. The second kappa shape index (κ2) is 5.42. The maximum absolute atomic E-state index is 11.9. The molecule has 0 unspecified atom stereocenters. The molecule has 1 aromatic carbocycles. The molecular weight excluding hydrogens is 230 g/mol. The first-order chi connectivity index (χ1) is 8.70. The van der Waals surface area contributed by atoms with Gasteiger partial charge < -0.3 is 15.6 Å². The quantitative estimate of drug-likeness (QED) is 0.806. The fraction of sp³-hybridized carbons (Fsp3) is 0.250. The summed E-state index contributed by atoms with van der Waals surface area (Å²) in [5.41, 5.74) is 7.10. The van der Waals surface area contributed by atoms with E-state index in [1.165, 1.54) is 0 Å². The lowest BCUT2D eigenvalue weighted by Gasteiger charge is -2.05. The molecule has 6 heteroatoms. The van der Waals surface area contributed by atoms with E-state index in [-0.39, 0.29) is 5.91 Å². The Hall–Kier alpha value is -2.21. The van der Waals surface area contributed by atoms with Gasteiger partial charge in [-0.15, -0.1) is 10.2 Å². The molecule has 18 heavy (non-hydrogen) atoms. The Morgan fingerprint density at radius 3 is 2.67 bits per heavy atom. The van der Waals surface area contributed by atoms with Gasteiger partial charge in [0.05, 0.1) is 6.54 Å². The summed E-state index contributed by atoms with van der Waals surface area (Å²) in [5.74, 6) is 0.573. The Labute approximate surface area is 105 Å². The van der Waals surface area contributed by atoms with Gasteiger partial charge >= 0.3 is 0 Å². The van der Waals surface area contributed by atoms with Gasteiger partial charge in [-0.1, -0.05) is 12.1 Å². The van der Waals surface area contributed by atoms with Crippen molar-refractivity contribution in [2.75, 3.05) is 0 Å². The average Bonchev–Trinajstić information content (AvgIpc) is 2.81. The minimum absolute atomic E-state index is 0.137. The van der Waals surface area contributed by atoms with Gasteiger partial charge in [0.25, 0.3) is 5.91 Å². The maximum atomic E-state index is 11.9. The Balaban J connectivity index is 1.97. The van der Waals surface area contributed by atoms with E-state index >= 15 is 0 Å². The van der Waals surface area contributed by atoms with Crippen molar-refractivity contribution in [3.8, 4) is 0 Å². The van der Waals surface area contributed by atoms with Crippen LogP contribution in [0.4, 0.5) is 0 Å². The fourth-order valence-corrected chi connectivity index (χ4v) is 1.52. The van der Waals surface area contributed by atoms with Crippen molar-refractivity contribution in [1.82, 2.24) is 20.1 Å². The van der Waals surface area contributed by atoms with Crippen LogP contribution in [0.2, 0.25) is 0 Å². The van der Waals surface area contributed by atoms with Gasteiger partial charge in [-0.05, 0) is 17.7 Å². The number of carbonyl (C=O) groups is 1. The topological polar surface area (TPSA) is 85.8 Å². The SMILES string of the molecule is Cn1cnnc1CNC(=O)c1ccc(CN)cc1. The molecule has 0 saturated carbocycles. The minimum atomic E-state index is -0.137. The number of nitrogens with one attached hydrogen (secondary N) is 1. The van der Waals surface area contributed by atoms with E-state index in [0.717, 1.165) is 5.56 Å². The Morgan fingerprint density at radius 2 is 2.11 bits per heavy atom. The van der Waals surface area contributed by atoms with Crippen molar-refractivity contribution in [3.05, 3.63) is 47.5 Å². The summed E-state index contributed by atoms with van der Waals surface area (Å²) >= 11 is 0. The molecule has 1 heterocycles. The number of aryl methyl sites for hydroxylation is 1. The van der Waals surface area contributed by atoms with Crippen molar-refractivity contribution in [2.45, 2.75) is 13.1 Å². The molecule has 0 radical (unpaired) electrons. The van der Waals surface area contributed by atoms with Crippen LogP contribution < -0.4 is 11.1 Å². The molecule has 0 aliphatic rings. The summed E-state index contributed by atoms with van der Waals surface area (Å²) in [6.07, 6.45) is 1.59. The monoisotopic (exact) mass is 245 g/mol. The molecule has 94 valence electrons. The number of carbonyl (C=O) groups excluding carboxylic acids is 1. The van der Waals surface area contributed by atoms with Crippen LogP contribution in [-0.2, 0) is 20.1 Å². The van der Waals surface area contributed by atoms with Crippen LogP contribution in [0.1, 0.15) is 21.7 Å². The average molecular weight is 245 g/mol.